The molecule has 0 saturated heterocycles. The SMILES string of the molecule is CC1=C(F)C(F)=C(c2ccc(C)cc2F)CC1. The van der Waals surface area contributed by atoms with E-state index in [-0.39, 0.29) is 11.1 Å². The van der Waals surface area contributed by atoms with Gasteiger partial charge in [-0.3, -0.25) is 0 Å². The van der Waals surface area contributed by atoms with Crippen molar-refractivity contribution < 1.29 is 13.2 Å². The Labute approximate surface area is 98.5 Å². The van der Waals surface area contributed by atoms with Crippen LogP contribution in [-0.4, -0.2) is 0 Å². The Hall–Kier alpha value is -1.51. The first-order chi connectivity index (χ1) is 8.00. The Kier molecular flexibility index (Phi) is 3.09. The third-order valence-corrected chi connectivity index (χ3v) is 3.03. The predicted octanol–water partition coefficient (Wildman–Crippen LogP) is 4.85. The van der Waals surface area contributed by atoms with Crippen molar-refractivity contribution >= 4 is 5.57 Å². The normalized spacial score (nSPS) is 16.8. The molecule has 90 valence electrons. The smallest absolute Gasteiger partial charge is 0.162 e. The van der Waals surface area contributed by atoms with E-state index < -0.39 is 17.5 Å². The number of benzene rings is 1. The van der Waals surface area contributed by atoms with Gasteiger partial charge in [0.25, 0.3) is 0 Å². The number of allylic oxidation sites excluding steroid dienone is 4. The molecule has 0 spiro atoms. The van der Waals surface area contributed by atoms with Gasteiger partial charge in [0.15, 0.2) is 11.7 Å². The molecule has 1 aromatic carbocycles. The Morgan fingerprint density at radius 2 is 1.65 bits per heavy atom. The average molecular weight is 238 g/mol. The van der Waals surface area contributed by atoms with Gasteiger partial charge in [-0.25, -0.2) is 13.2 Å². The number of aryl methyl sites for hydroxylation is 1. The molecule has 0 amide bonds. The molecule has 1 aromatic rings. The molecule has 2 rings (SSSR count). The Morgan fingerprint density at radius 1 is 0.941 bits per heavy atom. The summed E-state index contributed by atoms with van der Waals surface area (Å²) in [6.07, 6.45) is 0.771. The van der Waals surface area contributed by atoms with Crippen LogP contribution < -0.4 is 0 Å². The molecule has 0 aromatic heterocycles. The molecule has 0 heterocycles. The zero-order chi connectivity index (χ0) is 12.6. The van der Waals surface area contributed by atoms with Crippen LogP contribution in [0.2, 0.25) is 0 Å². The minimum Gasteiger partial charge on any atom is -0.206 e. The molecule has 0 radical (unpaired) electrons. The summed E-state index contributed by atoms with van der Waals surface area (Å²) in [7, 11) is 0. The highest BCUT2D eigenvalue weighted by Crippen LogP contribution is 2.38. The van der Waals surface area contributed by atoms with E-state index in [0.29, 0.717) is 18.4 Å². The van der Waals surface area contributed by atoms with Gasteiger partial charge in [0, 0.05) is 11.1 Å². The minimum atomic E-state index is -0.920. The molecular weight excluding hydrogens is 225 g/mol. The summed E-state index contributed by atoms with van der Waals surface area (Å²) >= 11 is 0. The molecule has 0 saturated carbocycles. The van der Waals surface area contributed by atoms with Gasteiger partial charge in [-0.05, 0) is 43.9 Å². The fourth-order valence-corrected chi connectivity index (χ4v) is 1.97. The van der Waals surface area contributed by atoms with E-state index in [1.54, 1.807) is 19.9 Å². The molecule has 0 bridgehead atoms. The summed E-state index contributed by atoms with van der Waals surface area (Å²) in [5.74, 6) is -2.26. The van der Waals surface area contributed by atoms with Crippen LogP contribution in [0.1, 0.15) is 30.9 Å². The van der Waals surface area contributed by atoms with E-state index in [9.17, 15) is 13.2 Å². The van der Waals surface area contributed by atoms with Crippen molar-refractivity contribution in [3.63, 3.8) is 0 Å². The summed E-state index contributed by atoms with van der Waals surface area (Å²) in [4.78, 5) is 0. The molecule has 0 unspecified atom stereocenters. The van der Waals surface area contributed by atoms with Gasteiger partial charge < -0.3 is 0 Å². The molecule has 3 heteroatoms. The second-order valence-corrected chi connectivity index (χ2v) is 4.37. The zero-order valence-corrected chi connectivity index (χ0v) is 9.78. The molecular formula is C14H13F3. The Morgan fingerprint density at radius 3 is 2.29 bits per heavy atom. The average Bonchev–Trinajstić information content (AvgIpc) is 2.28. The van der Waals surface area contributed by atoms with Crippen molar-refractivity contribution in [2.24, 2.45) is 0 Å². The van der Waals surface area contributed by atoms with Crippen LogP contribution in [0.4, 0.5) is 13.2 Å². The van der Waals surface area contributed by atoms with Crippen LogP contribution in [0.15, 0.2) is 35.4 Å². The highest BCUT2D eigenvalue weighted by atomic mass is 19.2. The fraction of sp³-hybridized carbons (Fsp3) is 0.286. The van der Waals surface area contributed by atoms with Crippen LogP contribution in [0, 0.1) is 12.7 Å². The molecule has 0 N–H and O–H groups in total. The standard InChI is InChI=1S/C14H13F3/c1-8-3-5-10(12(15)7-8)11-6-4-9(2)13(16)14(11)17/h3,5,7H,4,6H2,1-2H3. The zero-order valence-electron chi connectivity index (χ0n) is 9.78. The molecule has 1 aliphatic rings. The first-order valence-electron chi connectivity index (χ1n) is 5.51. The third-order valence-electron chi connectivity index (χ3n) is 3.03. The van der Waals surface area contributed by atoms with Gasteiger partial charge in [-0.2, -0.15) is 0 Å². The Balaban J connectivity index is 2.54. The van der Waals surface area contributed by atoms with Crippen molar-refractivity contribution in [1.29, 1.82) is 0 Å². The number of hydrogen-bond donors (Lipinski definition) is 0. The first-order valence-corrected chi connectivity index (χ1v) is 5.51. The van der Waals surface area contributed by atoms with Crippen LogP contribution in [0.5, 0.6) is 0 Å². The summed E-state index contributed by atoms with van der Waals surface area (Å²) in [6.45, 7) is 3.31. The van der Waals surface area contributed by atoms with Crippen molar-refractivity contribution in [3.05, 3.63) is 52.4 Å². The molecule has 0 atom stereocenters. The van der Waals surface area contributed by atoms with Crippen LogP contribution >= 0.6 is 0 Å². The van der Waals surface area contributed by atoms with E-state index in [2.05, 4.69) is 0 Å². The number of rotatable bonds is 1. The minimum absolute atomic E-state index is 0.130. The number of hydrogen-bond acceptors (Lipinski definition) is 0. The first kappa shape index (κ1) is 12.0. The highest BCUT2D eigenvalue weighted by molar-refractivity contribution is 5.72. The molecule has 1 aliphatic carbocycles. The van der Waals surface area contributed by atoms with Gasteiger partial charge >= 0.3 is 0 Å². The van der Waals surface area contributed by atoms with Crippen molar-refractivity contribution in [2.75, 3.05) is 0 Å². The van der Waals surface area contributed by atoms with Gasteiger partial charge in [0.2, 0.25) is 0 Å². The van der Waals surface area contributed by atoms with Crippen LogP contribution in [0.3, 0.4) is 0 Å². The van der Waals surface area contributed by atoms with Gasteiger partial charge in [0.05, 0.1) is 0 Å². The number of halogens is 3. The van der Waals surface area contributed by atoms with Crippen LogP contribution in [-0.2, 0) is 0 Å². The maximum absolute atomic E-state index is 13.7. The fourth-order valence-electron chi connectivity index (χ4n) is 1.97. The van der Waals surface area contributed by atoms with E-state index in [0.717, 1.165) is 5.56 Å². The monoisotopic (exact) mass is 238 g/mol. The second-order valence-electron chi connectivity index (χ2n) is 4.37. The lowest BCUT2D eigenvalue weighted by Crippen LogP contribution is -2.01. The van der Waals surface area contributed by atoms with Crippen molar-refractivity contribution in [2.45, 2.75) is 26.7 Å². The summed E-state index contributed by atoms with van der Waals surface area (Å²) < 4.78 is 40.9. The summed E-state index contributed by atoms with van der Waals surface area (Å²) in [6, 6.07) is 4.54. The van der Waals surface area contributed by atoms with Crippen molar-refractivity contribution in [1.82, 2.24) is 0 Å². The van der Waals surface area contributed by atoms with E-state index in [1.165, 1.54) is 12.1 Å². The molecule has 0 aliphatic heterocycles. The van der Waals surface area contributed by atoms with Gasteiger partial charge in [-0.15, -0.1) is 0 Å². The van der Waals surface area contributed by atoms with Crippen LogP contribution in [0.25, 0.3) is 5.57 Å². The summed E-state index contributed by atoms with van der Waals surface area (Å²) in [5, 5.41) is 0. The largest absolute Gasteiger partial charge is 0.206 e. The molecule has 0 nitrogen and oxygen atoms in total. The maximum Gasteiger partial charge on any atom is 0.162 e. The summed E-state index contributed by atoms with van der Waals surface area (Å²) in [5.41, 5.74) is 1.44. The maximum atomic E-state index is 13.7. The predicted molar refractivity (Wildman–Crippen MR) is 62.2 cm³/mol. The molecule has 0 fully saturated rings. The lowest BCUT2D eigenvalue weighted by molar-refractivity contribution is 0.523. The third kappa shape index (κ3) is 2.14. The second kappa shape index (κ2) is 4.40. The topological polar surface area (TPSA) is 0 Å². The molecule has 17 heavy (non-hydrogen) atoms. The lowest BCUT2D eigenvalue weighted by Gasteiger charge is -2.16. The Bertz CT molecular complexity index is 524. The van der Waals surface area contributed by atoms with E-state index >= 15 is 0 Å². The quantitative estimate of drug-likeness (QED) is 0.656. The van der Waals surface area contributed by atoms with E-state index in [1.807, 2.05) is 0 Å². The van der Waals surface area contributed by atoms with Gasteiger partial charge in [-0.1, -0.05) is 12.1 Å². The van der Waals surface area contributed by atoms with Gasteiger partial charge in [0.1, 0.15) is 5.82 Å². The lowest BCUT2D eigenvalue weighted by atomic mass is 9.92. The highest BCUT2D eigenvalue weighted by Gasteiger charge is 2.22. The van der Waals surface area contributed by atoms with Crippen molar-refractivity contribution in [3.8, 4) is 0 Å². The van der Waals surface area contributed by atoms with E-state index in [4.69, 9.17) is 0 Å².